The number of benzene rings is 2. The highest BCUT2D eigenvalue weighted by atomic mass is 32.2. The number of hydrogen-bond acceptors (Lipinski definition) is 7. The number of anilines is 1. The van der Waals surface area contributed by atoms with Crippen LogP contribution in [-0.4, -0.2) is 33.5 Å². The minimum atomic E-state index is -3.81. The summed E-state index contributed by atoms with van der Waals surface area (Å²) in [6.07, 6.45) is 0. The first-order valence-corrected chi connectivity index (χ1v) is 9.04. The minimum absolute atomic E-state index is 0.0909. The summed E-state index contributed by atoms with van der Waals surface area (Å²) in [4.78, 5) is 23.2. The molecule has 1 amide bonds. The third kappa shape index (κ3) is 6.43. The van der Waals surface area contributed by atoms with E-state index in [1.807, 2.05) is 6.07 Å². The van der Waals surface area contributed by atoms with Gasteiger partial charge in [0.25, 0.3) is 5.91 Å². The summed E-state index contributed by atoms with van der Waals surface area (Å²) in [7, 11) is -3.81. The number of nitrogens with two attached hydrogens (primary N) is 1. The molecule has 0 aliphatic carbocycles. The molecule has 0 bridgehead atoms. The second kappa shape index (κ2) is 8.79. The molecule has 3 N–H and O–H groups in total. The Hall–Kier alpha value is -3.42. The molecule has 2 aromatic carbocycles. The molecule has 0 aliphatic heterocycles. The van der Waals surface area contributed by atoms with Gasteiger partial charge in [-0.2, -0.15) is 5.26 Å². The molecule has 0 unspecified atom stereocenters. The maximum atomic E-state index is 11.7. The predicted molar refractivity (Wildman–Crippen MR) is 94.1 cm³/mol. The quantitative estimate of drug-likeness (QED) is 0.664. The number of carbonyl (C=O) groups is 2. The summed E-state index contributed by atoms with van der Waals surface area (Å²) in [6.45, 7) is -0.936. The standard InChI is InChI=1S/C17H15N3O6S/c18-9-12-1-5-14(6-2-12)25-11-17(22)26-10-16(21)20-13-3-7-15(8-4-13)27(19,23)24/h1-8H,10-11H2,(H,20,21)(H2,19,23,24). The Bertz CT molecular complexity index is 963. The van der Waals surface area contributed by atoms with E-state index in [0.29, 0.717) is 17.0 Å². The van der Waals surface area contributed by atoms with Gasteiger partial charge in [0.1, 0.15) is 5.75 Å². The molecule has 10 heteroatoms. The zero-order valence-electron chi connectivity index (χ0n) is 13.9. The van der Waals surface area contributed by atoms with E-state index in [0.717, 1.165) is 0 Å². The van der Waals surface area contributed by atoms with Crippen LogP contribution >= 0.6 is 0 Å². The van der Waals surface area contributed by atoms with Crippen molar-refractivity contribution in [2.24, 2.45) is 5.14 Å². The number of sulfonamides is 1. The van der Waals surface area contributed by atoms with E-state index in [1.54, 1.807) is 0 Å². The van der Waals surface area contributed by atoms with Gasteiger partial charge in [0.2, 0.25) is 10.0 Å². The number of nitriles is 1. The van der Waals surface area contributed by atoms with Crippen LogP contribution in [0.5, 0.6) is 5.75 Å². The first-order chi connectivity index (χ1) is 12.8. The van der Waals surface area contributed by atoms with Crippen molar-refractivity contribution in [2.45, 2.75) is 4.90 Å². The molecule has 0 spiro atoms. The zero-order valence-corrected chi connectivity index (χ0v) is 14.7. The predicted octanol–water partition coefficient (Wildman–Crippen LogP) is 0.766. The van der Waals surface area contributed by atoms with Crippen molar-refractivity contribution in [1.29, 1.82) is 5.26 Å². The van der Waals surface area contributed by atoms with E-state index in [-0.39, 0.29) is 4.90 Å². The van der Waals surface area contributed by atoms with E-state index >= 15 is 0 Å². The van der Waals surface area contributed by atoms with Crippen LogP contribution in [0.3, 0.4) is 0 Å². The lowest BCUT2D eigenvalue weighted by Crippen LogP contribution is -2.23. The van der Waals surface area contributed by atoms with Gasteiger partial charge in [-0.05, 0) is 48.5 Å². The van der Waals surface area contributed by atoms with Gasteiger partial charge in [-0.15, -0.1) is 0 Å². The molecule has 0 heterocycles. The SMILES string of the molecule is N#Cc1ccc(OCC(=O)OCC(=O)Nc2ccc(S(N)(=O)=O)cc2)cc1. The molecular formula is C17H15N3O6S. The fraction of sp³-hybridized carbons (Fsp3) is 0.118. The van der Waals surface area contributed by atoms with Gasteiger partial charge in [0, 0.05) is 5.69 Å². The van der Waals surface area contributed by atoms with Crippen molar-refractivity contribution in [1.82, 2.24) is 0 Å². The van der Waals surface area contributed by atoms with Crippen LogP contribution < -0.4 is 15.2 Å². The van der Waals surface area contributed by atoms with Crippen LogP contribution in [0.4, 0.5) is 5.69 Å². The molecule has 0 fully saturated rings. The monoisotopic (exact) mass is 389 g/mol. The number of hydrogen-bond donors (Lipinski definition) is 2. The summed E-state index contributed by atoms with van der Waals surface area (Å²) in [5.74, 6) is -0.977. The lowest BCUT2D eigenvalue weighted by molar-refractivity contribution is -0.149. The molecule has 2 rings (SSSR count). The zero-order chi connectivity index (χ0) is 19.9. The molecule has 0 saturated heterocycles. The van der Waals surface area contributed by atoms with Gasteiger partial charge in [0.05, 0.1) is 16.5 Å². The first kappa shape index (κ1) is 19.9. The number of ether oxygens (including phenoxy) is 2. The van der Waals surface area contributed by atoms with E-state index in [9.17, 15) is 18.0 Å². The summed E-state index contributed by atoms with van der Waals surface area (Å²) >= 11 is 0. The van der Waals surface area contributed by atoms with Gasteiger partial charge < -0.3 is 14.8 Å². The summed E-state index contributed by atoms with van der Waals surface area (Å²) in [6, 6.07) is 13.3. The number of carbonyl (C=O) groups excluding carboxylic acids is 2. The van der Waals surface area contributed by atoms with Gasteiger partial charge in [-0.1, -0.05) is 0 Å². The van der Waals surface area contributed by atoms with E-state index in [4.69, 9.17) is 19.9 Å². The Morgan fingerprint density at radius 3 is 2.22 bits per heavy atom. The Morgan fingerprint density at radius 2 is 1.67 bits per heavy atom. The second-order valence-electron chi connectivity index (χ2n) is 5.20. The summed E-state index contributed by atoms with van der Waals surface area (Å²) < 4.78 is 32.2. The van der Waals surface area contributed by atoms with Crippen LogP contribution in [0.15, 0.2) is 53.4 Å². The largest absolute Gasteiger partial charge is 0.482 e. The highest BCUT2D eigenvalue weighted by Gasteiger charge is 2.10. The molecule has 27 heavy (non-hydrogen) atoms. The summed E-state index contributed by atoms with van der Waals surface area (Å²) in [5.41, 5.74) is 0.774. The molecule has 9 nitrogen and oxygen atoms in total. The number of rotatable bonds is 7. The van der Waals surface area contributed by atoms with Gasteiger partial charge in [-0.25, -0.2) is 18.4 Å². The Balaban J connectivity index is 1.76. The van der Waals surface area contributed by atoms with Crippen LogP contribution in [0.2, 0.25) is 0 Å². The van der Waals surface area contributed by atoms with Crippen molar-refractivity contribution >= 4 is 27.6 Å². The average molecular weight is 389 g/mol. The van der Waals surface area contributed by atoms with Crippen LogP contribution in [0, 0.1) is 11.3 Å². The van der Waals surface area contributed by atoms with Crippen molar-refractivity contribution in [3.8, 4) is 11.8 Å². The third-order valence-electron chi connectivity index (χ3n) is 3.17. The van der Waals surface area contributed by atoms with E-state index < -0.39 is 35.1 Å². The minimum Gasteiger partial charge on any atom is -0.482 e. The molecule has 0 aromatic heterocycles. The van der Waals surface area contributed by atoms with Crippen molar-refractivity contribution in [2.75, 3.05) is 18.5 Å². The van der Waals surface area contributed by atoms with Gasteiger partial charge in [0.15, 0.2) is 13.2 Å². The molecule has 0 radical (unpaired) electrons. The number of nitrogens with zero attached hydrogens (tertiary/aromatic N) is 1. The Kier molecular flexibility index (Phi) is 6.48. The van der Waals surface area contributed by atoms with Gasteiger partial charge in [-0.3, -0.25) is 4.79 Å². The van der Waals surface area contributed by atoms with Crippen molar-refractivity contribution < 1.29 is 27.5 Å². The van der Waals surface area contributed by atoms with Crippen LogP contribution in [0.1, 0.15) is 5.56 Å². The van der Waals surface area contributed by atoms with Crippen LogP contribution in [0.25, 0.3) is 0 Å². The number of primary sulfonamides is 1. The molecule has 2 aromatic rings. The Morgan fingerprint density at radius 1 is 1.04 bits per heavy atom. The topological polar surface area (TPSA) is 149 Å². The number of esters is 1. The van der Waals surface area contributed by atoms with Crippen molar-refractivity contribution in [3.05, 3.63) is 54.1 Å². The fourth-order valence-corrected chi connectivity index (χ4v) is 2.40. The summed E-state index contributed by atoms with van der Waals surface area (Å²) in [5, 5.41) is 16.1. The normalized spacial score (nSPS) is 10.5. The Labute approximate surface area is 155 Å². The highest BCUT2D eigenvalue weighted by molar-refractivity contribution is 7.89. The lowest BCUT2D eigenvalue weighted by atomic mass is 10.2. The molecule has 0 saturated carbocycles. The molecule has 140 valence electrons. The van der Waals surface area contributed by atoms with Gasteiger partial charge >= 0.3 is 5.97 Å². The molecular weight excluding hydrogens is 374 g/mol. The highest BCUT2D eigenvalue weighted by Crippen LogP contribution is 2.13. The second-order valence-corrected chi connectivity index (χ2v) is 6.76. The number of nitrogens with one attached hydrogen (secondary N) is 1. The lowest BCUT2D eigenvalue weighted by Gasteiger charge is -2.08. The smallest absolute Gasteiger partial charge is 0.344 e. The first-order valence-electron chi connectivity index (χ1n) is 7.49. The maximum absolute atomic E-state index is 11.7. The van der Waals surface area contributed by atoms with Crippen molar-refractivity contribution in [3.63, 3.8) is 0 Å². The number of amides is 1. The van der Waals surface area contributed by atoms with E-state index in [2.05, 4.69) is 5.32 Å². The average Bonchev–Trinajstić information content (AvgIpc) is 2.65. The molecule has 0 atom stereocenters. The molecule has 0 aliphatic rings. The maximum Gasteiger partial charge on any atom is 0.344 e. The third-order valence-corrected chi connectivity index (χ3v) is 4.10. The fourth-order valence-electron chi connectivity index (χ4n) is 1.88. The van der Waals surface area contributed by atoms with E-state index in [1.165, 1.54) is 48.5 Å². The van der Waals surface area contributed by atoms with Crippen LogP contribution in [-0.2, 0) is 24.3 Å².